The van der Waals surface area contributed by atoms with Gasteiger partial charge in [-0.25, -0.2) is 8.42 Å². The molecular formula is C29H33Cl2N3O5S2. The van der Waals surface area contributed by atoms with Gasteiger partial charge in [-0.2, -0.15) is 0 Å². The van der Waals surface area contributed by atoms with Crippen molar-refractivity contribution >= 4 is 62.5 Å². The first-order valence-electron chi connectivity index (χ1n) is 12.9. The summed E-state index contributed by atoms with van der Waals surface area (Å²) in [4.78, 5) is 29.2. The molecule has 0 saturated heterocycles. The van der Waals surface area contributed by atoms with E-state index in [1.165, 1.54) is 35.8 Å². The zero-order valence-electron chi connectivity index (χ0n) is 23.3. The Morgan fingerprint density at radius 1 is 1.00 bits per heavy atom. The number of rotatable bonds is 13. The molecule has 0 spiro atoms. The zero-order chi connectivity index (χ0) is 30.2. The first-order valence-corrected chi connectivity index (χ1v) is 16.3. The van der Waals surface area contributed by atoms with Crippen LogP contribution in [0.3, 0.4) is 0 Å². The Kier molecular flexibility index (Phi) is 11.8. The Morgan fingerprint density at radius 3 is 2.27 bits per heavy atom. The predicted octanol–water partition coefficient (Wildman–Crippen LogP) is 5.86. The second kappa shape index (κ2) is 14.8. The lowest BCUT2D eigenvalue weighted by Gasteiger charge is -2.33. The lowest BCUT2D eigenvalue weighted by Crippen LogP contribution is -2.51. The van der Waals surface area contributed by atoms with E-state index in [1.54, 1.807) is 68.4 Å². The summed E-state index contributed by atoms with van der Waals surface area (Å²) >= 11 is 13.8. The average molecular weight is 639 g/mol. The Morgan fingerprint density at radius 2 is 1.68 bits per heavy atom. The molecule has 0 aromatic heterocycles. The van der Waals surface area contributed by atoms with Crippen LogP contribution in [0.4, 0.5) is 5.69 Å². The number of hydrogen-bond donors (Lipinski definition) is 1. The molecule has 12 heteroatoms. The number of nitrogens with one attached hydrogen (secondary N) is 1. The fraction of sp³-hybridized carbons (Fsp3) is 0.310. The van der Waals surface area contributed by atoms with Crippen LogP contribution in [0.15, 0.2) is 76.5 Å². The number of amides is 2. The standard InChI is InChI=1S/C29H33Cl2N3O5S2/c1-5-25(29(36)32-3)33(18-20-11-16-23(30)24(31)17-20)28(35)19-34(26-9-7-8-10-27(26)39-6-2)41(37,38)22-14-12-21(40-4)13-15-22/h7-17,25H,5-6,18-19H2,1-4H3,(H,32,36). The molecule has 3 rings (SSSR count). The highest BCUT2D eigenvalue weighted by molar-refractivity contribution is 7.98. The number of halogens is 2. The number of ether oxygens (including phenoxy) is 1. The minimum Gasteiger partial charge on any atom is -0.492 e. The van der Waals surface area contributed by atoms with Crippen molar-refractivity contribution in [2.75, 3.05) is 30.8 Å². The highest BCUT2D eigenvalue weighted by atomic mass is 35.5. The number of thioether (sulfide) groups is 1. The Hall–Kier alpha value is -2.92. The van der Waals surface area contributed by atoms with Gasteiger partial charge in [0.05, 0.1) is 27.2 Å². The van der Waals surface area contributed by atoms with Crippen LogP contribution in [-0.2, 0) is 26.2 Å². The Labute approximate surface area is 256 Å². The number of hydrogen-bond acceptors (Lipinski definition) is 6. The van der Waals surface area contributed by atoms with Gasteiger partial charge in [0.1, 0.15) is 18.3 Å². The number of sulfonamides is 1. The quantitative estimate of drug-likeness (QED) is 0.236. The first-order chi connectivity index (χ1) is 19.6. The van der Waals surface area contributed by atoms with Gasteiger partial charge in [-0.3, -0.25) is 13.9 Å². The van der Waals surface area contributed by atoms with Crippen molar-refractivity contribution in [3.63, 3.8) is 0 Å². The molecule has 0 heterocycles. The van der Waals surface area contributed by atoms with Gasteiger partial charge >= 0.3 is 0 Å². The summed E-state index contributed by atoms with van der Waals surface area (Å²) in [6.45, 7) is 3.28. The predicted molar refractivity (Wildman–Crippen MR) is 166 cm³/mol. The molecule has 0 fully saturated rings. The lowest BCUT2D eigenvalue weighted by molar-refractivity contribution is -0.140. The largest absolute Gasteiger partial charge is 0.492 e. The molecule has 8 nitrogen and oxygen atoms in total. The van der Waals surface area contributed by atoms with E-state index < -0.39 is 28.5 Å². The highest BCUT2D eigenvalue weighted by Gasteiger charge is 2.34. The van der Waals surface area contributed by atoms with Crippen molar-refractivity contribution < 1.29 is 22.7 Å². The zero-order valence-corrected chi connectivity index (χ0v) is 26.4. The van der Waals surface area contributed by atoms with Crippen molar-refractivity contribution in [1.82, 2.24) is 10.2 Å². The van der Waals surface area contributed by atoms with E-state index >= 15 is 0 Å². The third-order valence-electron chi connectivity index (χ3n) is 6.33. The monoisotopic (exact) mass is 637 g/mol. The third-order valence-corrected chi connectivity index (χ3v) is 9.59. The van der Waals surface area contributed by atoms with Crippen LogP contribution in [0.1, 0.15) is 25.8 Å². The molecular weight excluding hydrogens is 605 g/mol. The summed E-state index contributed by atoms with van der Waals surface area (Å²) in [7, 11) is -2.75. The van der Waals surface area contributed by atoms with Gasteiger partial charge in [0, 0.05) is 18.5 Å². The van der Waals surface area contributed by atoms with Gasteiger partial charge in [0.2, 0.25) is 11.8 Å². The van der Waals surface area contributed by atoms with Crippen LogP contribution in [-0.4, -0.2) is 57.6 Å². The van der Waals surface area contributed by atoms with Gasteiger partial charge in [-0.05, 0) is 73.7 Å². The number of para-hydroxylation sites is 2. The molecule has 1 N–H and O–H groups in total. The van der Waals surface area contributed by atoms with Gasteiger partial charge in [0.15, 0.2) is 0 Å². The Bertz CT molecular complexity index is 1470. The molecule has 3 aromatic rings. The molecule has 0 bridgehead atoms. The molecule has 0 aliphatic rings. The van der Waals surface area contributed by atoms with Gasteiger partial charge in [0.25, 0.3) is 10.0 Å². The maximum Gasteiger partial charge on any atom is 0.264 e. The molecule has 3 aromatic carbocycles. The van der Waals surface area contributed by atoms with Crippen LogP contribution in [0.5, 0.6) is 5.75 Å². The van der Waals surface area contributed by atoms with E-state index in [0.29, 0.717) is 34.4 Å². The van der Waals surface area contributed by atoms with Crippen molar-refractivity contribution in [3.05, 3.63) is 82.3 Å². The first kappa shape index (κ1) is 32.6. The van der Waals surface area contributed by atoms with Crippen LogP contribution < -0.4 is 14.4 Å². The SMILES string of the molecule is CCOc1ccccc1N(CC(=O)N(Cc1ccc(Cl)c(Cl)c1)C(CC)C(=O)NC)S(=O)(=O)c1ccc(SC)cc1. The fourth-order valence-electron chi connectivity index (χ4n) is 4.25. The van der Waals surface area contributed by atoms with E-state index in [0.717, 1.165) is 9.20 Å². The number of anilines is 1. The Balaban J connectivity index is 2.12. The van der Waals surface area contributed by atoms with Gasteiger partial charge < -0.3 is 15.0 Å². The smallest absolute Gasteiger partial charge is 0.264 e. The number of carbonyl (C=O) groups excluding carboxylic acids is 2. The van der Waals surface area contributed by atoms with E-state index in [1.807, 2.05) is 6.26 Å². The molecule has 1 atom stereocenters. The molecule has 0 aliphatic carbocycles. The number of likely N-dealkylation sites (N-methyl/N-ethyl adjacent to an activating group) is 1. The second-order valence-electron chi connectivity index (χ2n) is 8.90. The number of benzene rings is 3. The van der Waals surface area contributed by atoms with Crippen molar-refractivity contribution in [2.24, 2.45) is 0 Å². The maximum atomic E-state index is 14.1. The molecule has 220 valence electrons. The summed E-state index contributed by atoms with van der Waals surface area (Å²) in [5.74, 6) is -0.652. The van der Waals surface area contributed by atoms with E-state index in [2.05, 4.69) is 5.32 Å². The summed E-state index contributed by atoms with van der Waals surface area (Å²) in [5.41, 5.74) is 0.839. The van der Waals surface area contributed by atoms with Crippen LogP contribution in [0.2, 0.25) is 10.0 Å². The highest BCUT2D eigenvalue weighted by Crippen LogP contribution is 2.33. The molecule has 0 radical (unpaired) electrons. The third kappa shape index (κ3) is 7.88. The van der Waals surface area contributed by atoms with Gasteiger partial charge in [-0.15, -0.1) is 11.8 Å². The topological polar surface area (TPSA) is 96.0 Å². The number of carbonyl (C=O) groups is 2. The lowest BCUT2D eigenvalue weighted by atomic mass is 10.1. The molecule has 41 heavy (non-hydrogen) atoms. The molecule has 0 saturated carbocycles. The van der Waals surface area contributed by atoms with Crippen molar-refractivity contribution in [1.29, 1.82) is 0 Å². The second-order valence-corrected chi connectivity index (χ2v) is 12.5. The summed E-state index contributed by atoms with van der Waals surface area (Å²) in [6.07, 6.45) is 2.19. The minimum atomic E-state index is -4.23. The summed E-state index contributed by atoms with van der Waals surface area (Å²) in [6, 6.07) is 17.1. The molecule has 1 unspecified atom stereocenters. The van der Waals surface area contributed by atoms with Crippen molar-refractivity contribution in [3.8, 4) is 5.75 Å². The normalized spacial score (nSPS) is 12.0. The van der Waals surface area contributed by atoms with E-state index in [9.17, 15) is 18.0 Å². The average Bonchev–Trinajstić information content (AvgIpc) is 2.97. The maximum absolute atomic E-state index is 14.1. The number of nitrogens with zero attached hydrogens (tertiary/aromatic N) is 2. The van der Waals surface area contributed by atoms with Crippen molar-refractivity contribution in [2.45, 2.75) is 42.6 Å². The van der Waals surface area contributed by atoms with E-state index in [-0.39, 0.29) is 23.0 Å². The van der Waals surface area contributed by atoms with Gasteiger partial charge in [-0.1, -0.05) is 48.3 Å². The van der Waals surface area contributed by atoms with Crippen LogP contribution >= 0.6 is 35.0 Å². The van der Waals surface area contributed by atoms with Crippen LogP contribution in [0, 0.1) is 0 Å². The minimum absolute atomic E-state index is 0.00502. The summed E-state index contributed by atoms with van der Waals surface area (Å²) < 4.78 is 35.0. The summed E-state index contributed by atoms with van der Waals surface area (Å²) in [5, 5.41) is 3.25. The fourth-order valence-corrected chi connectivity index (χ4v) is 6.40. The molecule has 0 aliphatic heterocycles. The molecule has 2 amide bonds. The van der Waals surface area contributed by atoms with Crippen LogP contribution in [0.25, 0.3) is 0 Å². The van der Waals surface area contributed by atoms with E-state index in [4.69, 9.17) is 27.9 Å².